The minimum atomic E-state index is -0.820. The Bertz CT molecular complexity index is 863. The standard InChI is InChI=1S/C15H18N4O4S/c1-2-11-17-19-12(20)3-10(16-14(19)24-11)5-18-4-9-6-23-8-15(9,7-18)13(21)22/h3,9H,2,4-8H2,1H3,(H,21,22)/t9?,15-/m1/s1. The molecule has 0 bridgehead atoms. The first-order chi connectivity index (χ1) is 11.5. The second-order valence-electron chi connectivity index (χ2n) is 6.47. The third-order valence-corrected chi connectivity index (χ3v) is 5.95. The summed E-state index contributed by atoms with van der Waals surface area (Å²) in [6.07, 6.45) is 0.762. The van der Waals surface area contributed by atoms with Crippen LogP contribution in [0.1, 0.15) is 17.6 Å². The number of carbonyl (C=O) groups is 1. The number of nitrogens with zero attached hydrogens (tertiary/aromatic N) is 4. The van der Waals surface area contributed by atoms with Gasteiger partial charge in [-0.15, -0.1) is 0 Å². The van der Waals surface area contributed by atoms with E-state index in [1.54, 1.807) is 0 Å². The second-order valence-corrected chi connectivity index (χ2v) is 7.51. The van der Waals surface area contributed by atoms with Crippen LogP contribution in [-0.2, 0) is 22.5 Å². The third-order valence-electron chi connectivity index (χ3n) is 4.90. The summed E-state index contributed by atoms with van der Waals surface area (Å²) in [5.41, 5.74) is -0.353. The number of ether oxygens (including phenoxy) is 1. The van der Waals surface area contributed by atoms with E-state index in [4.69, 9.17) is 4.74 Å². The number of aromatic nitrogens is 3. The van der Waals surface area contributed by atoms with Gasteiger partial charge >= 0.3 is 5.97 Å². The van der Waals surface area contributed by atoms with Gasteiger partial charge in [-0.1, -0.05) is 18.3 Å². The number of carboxylic acids is 1. The maximum Gasteiger partial charge on any atom is 0.313 e. The Morgan fingerprint density at radius 2 is 2.42 bits per heavy atom. The molecule has 2 aromatic rings. The van der Waals surface area contributed by atoms with E-state index in [-0.39, 0.29) is 18.1 Å². The molecule has 2 saturated heterocycles. The largest absolute Gasteiger partial charge is 0.481 e. The Morgan fingerprint density at radius 3 is 3.12 bits per heavy atom. The van der Waals surface area contributed by atoms with Gasteiger partial charge in [-0.3, -0.25) is 14.5 Å². The SMILES string of the molecule is CCc1nn2c(=O)cc(CN3CC4COC[C@]4(C(=O)O)C3)nc2s1. The minimum absolute atomic E-state index is 0.00470. The zero-order chi connectivity index (χ0) is 16.9. The number of aryl methyl sites for hydroxylation is 1. The number of carboxylic acid groups (broad SMARTS) is 1. The average Bonchev–Trinajstić information content (AvgIpc) is 3.18. The van der Waals surface area contributed by atoms with Crippen LogP contribution in [0.5, 0.6) is 0 Å². The van der Waals surface area contributed by atoms with Crippen molar-refractivity contribution in [2.45, 2.75) is 19.9 Å². The van der Waals surface area contributed by atoms with Crippen molar-refractivity contribution in [1.29, 1.82) is 0 Å². The molecule has 0 aromatic carbocycles. The first-order valence-electron chi connectivity index (χ1n) is 7.94. The summed E-state index contributed by atoms with van der Waals surface area (Å²) in [5.74, 6) is -0.805. The van der Waals surface area contributed by atoms with E-state index >= 15 is 0 Å². The molecule has 24 heavy (non-hydrogen) atoms. The number of hydrogen-bond donors (Lipinski definition) is 1. The zero-order valence-corrected chi connectivity index (χ0v) is 14.1. The van der Waals surface area contributed by atoms with Crippen molar-refractivity contribution >= 4 is 22.3 Å². The maximum absolute atomic E-state index is 12.2. The van der Waals surface area contributed by atoms with E-state index in [0.29, 0.717) is 36.9 Å². The van der Waals surface area contributed by atoms with Gasteiger partial charge in [-0.05, 0) is 6.42 Å². The van der Waals surface area contributed by atoms with E-state index in [1.165, 1.54) is 21.9 Å². The van der Waals surface area contributed by atoms with Gasteiger partial charge in [-0.25, -0.2) is 4.98 Å². The van der Waals surface area contributed by atoms with Gasteiger partial charge in [-0.2, -0.15) is 9.61 Å². The van der Waals surface area contributed by atoms with Crippen LogP contribution >= 0.6 is 11.3 Å². The first-order valence-corrected chi connectivity index (χ1v) is 8.75. The number of hydrogen-bond acceptors (Lipinski definition) is 7. The van der Waals surface area contributed by atoms with Crippen LogP contribution in [0, 0.1) is 11.3 Å². The summed E-state index contributed by atoms with van der Waals surface area (Å²) in [7, 11) is 0. The summed E-state index contributed by atoms with van der Waals surface area (Å²) in [6, 6.07) is 1.49. The second kappa shape index (κ2) is 5.61. The summed E-state index contributed by atoms with van der Waals surface area (Å²) in [6.45, 7) is 4.27. The summed E-state index contributed by atoms with van der Waals surface area (Å²) in [4.78, 5) is 31.1. The molecule has 2 aromatic heterocycles. The topological polar surface area (TPSA) is 97.0 Å². The molecule has 128 valence electrons. The highest BCUT2D eigenvalue weighted by atomic mass is 32.1. The summed E-state index contributed by atoms with van der Waals surface area (Å²) in [5, 5.41) is 14.7. The summed E-state index contributed by atoms with van der Waals surface area (Å²) >= 11 is 1.41. The molecule has 0 amide bonds. The Kier molecular flexibility index (Phi) is 3.66. The highest BCUT2D eigenvalue weighted by Gasteiger charge is 2.56. The lowest BCUT2D eigenvalue weighted by Crippen LogP contribution is -2.39. The van der Waals surface area contributed by atoms with Crippen molar-refractivity contribution in [1.82, 2.24) is 19.5 Å². The van der Waals surface area contributed by atoms with Crippen molar-refractivity contribution in [3.05, 3.63) is 27.1 Å². The third kappa shape index (κ3) is 2.35. The molecule has 2 aliphatic heterocycles. The fraction of sp³-hybridized carbons (Fsp3) is 0.600. The fourth-order valence-electron chi connectivity index (χ4n) is 3.61. The van der Waals surface area contributed by atoms with Crippen molar-refractivity contribution in [3.8, 4) is 0 Å². The Labute approximate surface area is 141 Å². The zero-order valence-electron chi connectivity index (χ0n) is 13.3. The fourth-order valence-corrected chi connectivity index (χ4v) is 4.47. The normalized spacial score (nSPS) is 27.0. The lowest BCUT2D eigenvalue weighted by molar-refractivity contribution is -0.149. The Hall–Kier alpha value is -1.84. The van der Waals surface area contributed by atoms with Crippen molar-refractivity contribution in [3.63, 3.8) is 0 Å². The molecule has 2 atom stereocenters. The van der Waals surface area contributed by atoms with Crippen LogP contribution in [0.4, 0.5) is 0 Å². The van der Waals surface area contributed by atoms with Crippen molar-refractivity contribution < 1.29 is 14.6 Å². The van der Waals surface area contributed by atoms with Crippen LogP contribution in [0.2, 0.25) is 0 Å². The molecular weight excluding hydrogens is 332 g/mol. The van der Waals surface area contributed by atoms with Gasteiger partial charge < -0.3 is 9.84 Å². The maximum atomic E-state index is 12.2. The lowest BCUT2D eigenvalue weighted by Gasteiger charge is -2.21. The summed E-state index contributed by atoms with van der Waals surface area (Å²) < 4.78 is 6.72. The molecule has 1 unspecified atom stereocenters. The minimum Gasteiger partial charge on any atom is -0.481 e. The number of rotatable bonds is 4. The average molecular weight is 350 g/mol. The van der Waals surface area contributed by atoms with E-state index in [0.717, 1.165) is 11.4 Å². The van der Waals surface area contributed by atoms with Crippen molar-refractivity contribution in [2.75, 3.05) is 26.3 Å². The quantitative estimate of drug-likeness (QED) is 0.844. The van der Waals surface area contributed by atoms with Gasteiger partial charge in [0, 0.05) is 31.6 Å². The molecule has 0 saturated carbocycles. The van der Waals surface area contributed by atoms with Crippen LogP contribution < -0.4 is 5.56 Å². The predicted molar refractivity (Wildman–Crippen MR) is 86.2 cm³/mol. The number of fused-ring (bicyclic) bond motifs is 2. The molecule has 2 fully saturated rings. The molecule has 0 aliphatic carbocycles. The van der Waals surface area contributed by atoms with Crippen molar-refractivity contribution in [2.24, 2.45) is 11.3 Å². The van der Waals surface area contributed by atoms with E-state index in [9.17, 15) is 14.7 Å². The van der Waals surface area contributed by atoms with E-state index < -0.39 is 11.4 Å². The highest BCUT2D eigenvalue weighted by molar-refractivity contribution is 7.16. The first kappa shape index (κ1) is 15.7. The molecule has 0 radical (unpaired) electrons. The smallest absolute Gasteiger partial charge is 0.313 e. The molecule has 8 nitrogen and oxygen atoms in total. The molecule has 4 rings (SSSR count). The highest BCUT2D eigenvalue weighted by Crippen LogP contribution is 2.41. The lowest BCUT2D eigenvalue weighted by atomic mass is 9.81. The molecule has 9 heteroatoms. The van der Waals surface area contributed by atoms with Gasteiger partial charge in [0.15, 0.2) is 0 Å². The molecule has 1 N–H and O–H groups in total. The number of aliphatic carboxylic acids is 1. The van der Waals surface area contributed by atoms with E-state index in [1.807, 2.05) is 6.92 Å². The molecular formula is C15H18N4O4S. The van der Waals surface area contributed by atoms with Gasteiger partial charge in [0.05, 0.1) is 18.9 Å². The van der Waals surface area contributed by atoms with E-state index in [2.05, 4.69) is 15.0 Å². The van der Waals surface area contributed by atoms with Crippen LogP contribution in [-0.4, -0.2) is 56.9 Å². The van der Waals surface area contributed by atoms with Gasteiger partial charge in [0.25, 0.3) is 5.56 Å². The molecule has 2 aliphatic rings. The molecule has 4 heterocycles. The molecule has 0 spiro atoms. The number of likely N-dealkylation sites (tertiary alicyclic amines) is 1. The Balaban J connectivity index is 1.59. The predicted octanol–water partition coefficient (Wildman–Crippen LogP) is 0.246. The van der Waals surface area contributed by atoms with Crippen LogP contribution in [0.3, 0.4) is 0 Å². The Morgan fingerprint density at radius 1 is 1.58 bits per heavy atom. The van der Waals surface area contributed by atoms with Gasteiger partial charge in [0.2, 0.25) is 4.96 Å². The van der Waals surface area contributed by atoms with Crippen LogP contribution in [0.15, 0.2) is 10.9 Å². The monoisotopic (exact) mass is 350 g/mol. The van der Waals surface area contributed by atoms with Gasteiger partial charge in [0.1, 0.15) is 10.4 Å². The van der Waals surface area contributed by atoms with Crippen LogP contribution in [0.25, 0.3) is 4.96 Å².